The van der Waals surface area contributed by atoms with Gasteiger partial charge < -0.3 is 10.5 Å². The van der Waals surface area contributed by atoms with Crippen molar-refractivity contribution in [3.8, 4) is 0 Å². The van der Waals surface area contributed by atoms with Gasteiger partial charge in [-0.1, -0.05) is 39.5 Å². The normalized spacial score (nSPS) is 40.6. The van der Waals surface area contributed by atoms with Gasteiger partial charge in [0.1, 0.15) is 0 Å². The van der Waals surface area contributed by atoms with Gasteiger partial charge in [-0.25, -0.2) is 0 Å². The SMILES string of the molecule is CC(C)C1CCCC(N)(C2CCOC3(CCCC3)C2)CC1. The lowest BCUT2D eigenvalue weighted by Crippen LogP contribution is -2.52. The van der Waals surface area contributed by atoms with Crippen LogP contribution < -0.4 is 5.73 Å². The van der Waals surface area contributed by atoms with E-state index < -0.39 is 0 Å². The van der Waals surface area contributed by atoms with Gasteiger partial charge in [0.15, 0.2) is 0 Å². The molecule has 1 heterocycles. The van der Waals surface area contributed by atoms with Crippen LogP contribution in [0.5, 0.6) is 0 Å². The maximum Gasteiger partial charge on any atom is 0.0685 e. The minimum atomic E-state index is 0.100. The molecule has 0 amide bonds. The van der Waals surface area contributed by atoms with E-state index in [0.717, 1.165) is 18.4 Å². The molecule has 2 saturated carbocycles. The Labute approximate surface area is 131 Å². The molecule has 0 aromatic carbocycles. The molecule has 2 heteroatoms. The van der Waals surface area contributed by atoms with E-state index in [9.17, 15) is 0 Å². The molecule has 21 heavy (non-hydrogen) atoms. The first-order valence-corrected chi connectivity index (χ1v) is 9.46. The van der Waals surface area contributed by atoms with Gasteiger partial charge in [-0.3, -0.25) is 0 Å². The molecule has 0 aromatic rings. The summed E-state index contributed by atoms with van der Waals surface area (Å²) in [6, 6.07) is 0. The van der Waals surface area contributed by atoms with Crippen molar-refractivity contribution in [2.24, 2.45) is 23.5 Å². The van der Waals surface area contributed by atoms with E-state index in [4.69, 9.17) is 10.5 Å². The molecule has 3 aliphatic rings. The number of rotatable bonds is 2. The van der Waals surface area contributed by atoms with Gasteiger partial charge in [0.2, 0.25) is 0 Å². The molecular weight excluding hydrogens is 258 g/mol. The molecule has 3 atom stereocenters. The maximum atomic E-state index is 6.99. The number of nitrogens with two attached hydrogens (primary N) is 1. The Kier molecular flexibility index (Phi) is 4.66. The largest absolute Gasteiger partial charge is 0.375 e. The average Bonchev–Trinajstić information content (AvgIpc) is 2.79. The Morgan fingerprint density at radius 3 is 2.43 bits per heavy atom. The minimum absolute atomic E-state index is 0.100. The number of hydrogen-bond acceptors (Lipinski definition) is 2. The highest BCUT2D eigenvalue weighted by atomic mass is 16.5. The lowest BCUT2D eigenvalue weighted by Gasteiger charge is -2.46. The van der Waals surface area contributed by atoms with Crippen LogP contribution in [0.15, 0.2) is 0 Å². The van der Waals surface area contributed by atoms with Crippen LogP contribution in [0.2, 0.25) is 0 Å². The van der Waals surface area contributed by atoms with Crippen molar-refractivity contribution in [1.82, 2.24) is 0 Å². The summed E-state index contributed by atoms with van der Waals surface area (Å²) in [5, 5.41) is 0. The van der Waals surface area contributed by atoms with Gasteiger partial charge >= 0.3 is 0 Å². The second kappa shape index (κ2) is 6.20. The van der Waals surface area contributed by atoms with E-state index in [1.165, 1.54) is 70.6 Å². The standard InChI is InChI=1S/C19H35NO/c1-15(2)16-6-5-11-19(20,12-7-16)17-8-13-21-18(14-17)9-3-4-10-18/h15-17H,3-14,20H2,1-2H3. The van der Waals surface area contributed by atoms with E-state index in [0.29, 0.717) is 5.92 Å². The topological polar surface area (TPSA) is 35.2 Å². The Morgan fingerprint density at radius 2 is 1.71 bits per heavy atom. The molecule has 1 spiro atoms. The third-order valence-electron chi connectivity index (χ3n) is 6.96. The average molecular weight is 293 g/mol. The first kappa shape index (κ1) is 15.8. The summed E-state index contributed by atoms with van der Waals surface area (Å²) in [6.07, 6.45) is 14.3. The fraction of sp³-hybridized carbons (Fsp3) is 1.00. The molecule has 3 rings (SSSR count). The summed E-state index contributed by atoms with van der Waals surface area (Å²) in [6.45, 7) is 5.73. The third kappa shape index (κ3) is 3.32. The van der Waals surface area contributed by atoms with Gasteiger partial charge in [-0.05, 0) is 62.7 Å². The number of hydrogen-bond donors (Lipinski definition) is 1. The van der Waals surface area contributed by atoms with Gasteiger partial charge in [0.05, 0.1) is 5.60 Å². The second-order valence-corrected chi connectivity index (χ2v) is 8.60. The Bertz CT molecular complexity index is 347. The first-order chi connectivity index (χ1) is 10.0. The zero-order valence-electron chi connectivity index (χ0n) is 14.2. The Balaban J connectivity index is 1.66. The molecule has 2 nitrogen and oxygen atoms in total. The van der Waals surface area contributed by atoms with E-state index in [1.54, 1.807) is 0 Å². The Morgan fingerprint density at radius 1 is 0.952 bits per heavy atom. The molecule has 122 valence electrons. The van der Waals surface area contributed by atoms with Crippen LogP contribution in [0, 0.1) is 17.8 Å². The molecule has 0 aromatic heterocycles. The van der Waals surface area contributed by atoms with Gasteiger partial charge in [-0.15, -0.1) is 0 Å². The fourth-order valence-corrected chi connectivity index (χ4v) is 5.38. The summed E-state index contributed by atoms with van der Waals surface area (Å²) >= 11 is 0. The zero-order valence-corrected chi connectivity index (χ0v) is 14.2. The molecule has 1 saturated heterocycles. The molecule has 1 aliphatic heterocycles. The zero-order chi connectivity index (χ0) is 14.9. The van der Waals surface area contributed by atoms with Crippen molar-refractivity contribution in [1.29, 1.82) is 0 Å². The molecule has 2 N–H and O–H groups in total. The van der Waals surface area contributed by atoms with E-state index >= 15 is 0 Å². The molecule has 3 fully saturated rings. The summed E-state index contributed by atoms with van der Waals surface area (Å²) < 4.78 is 6.23. The number of ether oxygens (including phenoxy) is 1. The van der Waals surface area contributed by atoms with E-state index in [-0.39, 0.29) is 11.1 Å². The summed E-state index contributed by atoms with van der Waals surface area (Å²) in [7, 11) is 0. The highest BCUT2D eigenvalue weighted by Gasteiger charge is 2.46. The van der Waals surface area contributed by atoms with Crippen molar-refractivity contribution in [2.75, 3.05) is 6.61 Å². The van der Waals surface area contributed by atoms with Crippen molar-refractivity contribution >= 4 is 0 Å². The fourth-order valence-electron chi connectivity index (χ4n) is 5.38. The third-order valence-corrected chi connectivity index (χ3v) is 6.96. The highest BCUT2D eigenvalue weighted by molar-refractivity contribution is 5.01. The smallest absolute Gasteiger partial charge is 0.0685 e. The summed E-state index contributed by atoms with van der Waals surface area (Å²) in [5.74, 6) is 2.43. The van der Waals surface area contributed by atoms with Crippen LogP contribution in [0.1, 0.15) is 84.5 Å². The van der Waals surface area contributed by atoms with Gasteiger partial charge in [-0.2, -0.15) is 0 Å². The van der Waals surface area contributed by atoms with Crippen LogP contribution in [0.4, 0.5) is 0 Å². The van der Waals surface area contributed by atoms with Crippen LogP contribution in [0.25, 0.3) is 0 Å². The van der Waals surface area contributed by atoms with Gasteiger partial charge in [0.25, 0.3) is 0 Å². The molecule has 0 bridgehead atoms. The van der Waals surface area contributed by atoms with Crippen LogP contribution >= 0.6 is 0 Å². The highest BCUT2D eigenvalue weighted by Crippen LogP contribution is 2.47. The Hall–Kier alpha value is -0.0800. The quantitative estimate of drug-likeness (QED) is 0.752. The van der Waals surface area contributed by atoms with Crippen LogP contribution in [-0.4, -0.2) is 17.7 Å². The molecule has 0 radical (unpaired) electrons. The van der Waals surface area contributed by atoms with E-state index in [1.807, 2.05) is 0 Å². The second-order valence-electron chi connectivity index (χ2n) is 8.60. The van der Waals surface area contributed by atoms with Crippen molar-refractivity contribution in [3.63, 3.8) is 0 Å². The first-order valence-electron chi connectivity index (χ1n) is 9.46. The van der Waals surface area contributed by atoms with Crippen LogP contribution in [-0.2, 0) is 4.74 Å². The predicted octanol–water partition coefficient (Wildman–Crippen LogP) is 4.66. The van der Waals surface area contributed by atoms with E-state index in [2.05, 4.69) is 13.8 Å². The monoisotopic (exact) mass is 293 g/mol. The summed E-state index contributed by atoms with van der Waals surface area (Å²) in [4.78, 5) is 0. The van der Waals surface area contributed by atoms with Crippen LogP contribution in [0.3, 0.4) is 0 Å². The predicted molar refractivity (Wildman–Crippen MR) is 88.2 cm³/mol. The minimum Gasteiger partial charge on any atom is -0.375 e. The molecule has 3 unspecified atom stereocenters. The molecule has 2 aliphatic carbocycles. The lowest BCUT2D eigenvalue weighted by molar-refractivity contribution is -0.106. The van der Waals surface area contributed by atoms with Gasteiger partial charge in [0, 0.05) is 12.1 Å². The van der Waals surface area contributed by atoms with Crippen molar-refractivity contribution < 1.29 is 4.74 Å². The summed E-state index contributed by atoms with van der Waals surface area (Å²) in [5.41, 5.74) is 7.31. The molecular formula is C19H35NO. The van der Waals surface area contributed by atoms with Crippen molar-refractivity contribution in [2.45, 2.75) is 95.6 Å². The van der Waals surface area contributed by atoms with Crippen molar-refractivity contribution in [3.05, 3.63) is 0 Å². The lowest BCUT2D eigenvalue weighted by atomic mass is 9.70. The maximum absolute atomic E-state index is 6.99.